The van der Waals surface area contributed by atoms with Crippen molar-refractivity contribution in [3.63, 3.8) is 0 Å². The van der Waals surface area contributed by atoms with Gasteiger partial charge in [-0.25, -0.2) is 0 Å². The van der Waals surface area contributed by atoms with E-state index in [1.165, 1.54) is 29.1 Å². The van der Waals surface area contributed by atoms with Crippen LogP contribution in [-0.4, -0.2) is 33.6 Å². The fourth-order valence-electron chi connectivity index (χ4n) is 3.29. The molecule has 178 valence electrons. The van der Waals surface area contributed by atoms with Gasteiger partial charge in [0.05, 0.1) is 0 Å². The molecule has 0 unspecified atom stereocenters. The summed E-state index contributed by atoms with van der Waals surface area (Å²) in [6.07, 6.45) is -0.121. The zero-order chi connectivity index (χ0) is 24.9. The molecule has 2 amide bonds. The van der Waals surface area contributed by atoms with Crippen LogP contribution in [0.1, 0.15) is 51.7 Å². The van der Waals surface area contributed by atoms with Gasteiger partial charge in [0.2, 0.25) is 5.43 Å². The Morgan fingerprint density at radius 1 is 0.971 bits per heavy atom. The predicted octanol–water partition coefficient (Wildman–Crippen LogP) is 3.46. The van der Waals surface area contributed by atoms with Gasteiger partial charge in [-0.3, -0.25) is 19.4 Å². The van der Waals surface area contributed by atoms with Gasteiger partial charge in [-0.1, -0.05) is 36.4 Å². The second kappa shape index (κ2) is 10.3. The van der Waals surface area contributed by atoms with E-state index < -0.39 is 35.0 Å². The Labute approximate surface area is 193 Å². The summed E-state index contributed by atoms with van der Waals surface area (Å²) in [5, 5.41) is 4.46. The lowest BCUT2D eigenvalue weighted by Crippen LogP contribution is -2.41. The highest BCUT2D eigenvalue weighted by atomic mass is 19.4. The van der Waals surface area contributed by atoms with Gasteiger partial charge in [-0.2, -0.15) is 13.2 Å². The van der Waals surface area contributed by atoms with E-state index in [9.17, 15) is 27.6 Å². The summed E-state index contributed by atoms with van der Waals surface area (Å²) < 4.78 is 42.6. The second-order valence-corrected chi connectivity index (χ2v) is 7.94. The van der Waals surface area contributed by atoms with E-state index in [4.69, 9.17) is 0 Å². The molecule has 0 saturated carbocycles. The highest BCUT2D eigenvalue weighted by molar-refractivity contribution is 5.99. The van der Waals surface area contributed by atoms with E-state index in [0.29, 0.717) is 0 Å². The molecule has 1 atom stereocenters. The first-order chi connectivity index (χ1) is 16.1. The van der Waals surface area contributed by atoms with Crippen LogP contribution in [0.3, 0.4) is 0 Å². The number of alkyl halides is 3. The first-order valence-corrected chi connectivity index (χ1v) is 10.4. The molecule has 1 aromatic carbocycles. The van der Waals surface area contributed by atoms with Gasteiger partial charge in [0.25, 0.3) is 11.8 Å². The summed E-state index contributed by atoms with van der Waals surface area (Å²) in [5.41, 5.74) is -1.38. The number of rotatable bonds is 7. The van der Waals surface area contributed by atoms with Crippen LogP contribution in [0.2, 0.25) is 0 Å². The van der Waals surface area contributed by atoms with Crippen molar-refractivity contribution in [3.8, 4) is 0 Å². The highest BCUT2D eigenvalue weighted by Crippen LogP contribution is 2.32. The van der Waals surface area contributed by atoms with E-state index in [-0.39, 0.29) is 23.7 Å². The summed E-state index contributed by atoms with van der Waals surface area (Å²) >= 11 is 0. The number of hydrogen-bond donors (Lipinski definition) is 2. The average molecular weight is 472 g/mol. The maximum absolute atomic E-state index is 13.7. The van der Waals surface area contributed by atoms with Crippen molar-refractivity contribution in [2.24, 2.45) is 0 Å². The third kappa shape index (κ3) is 6.09. The van der Waals surface area contributed by atoms with Crippen LogP contribution in [0.4, 0.5) is 13.2 Å². The first-order valence-electron chi connectivity index (χ1n) is 10.4. The number of pyridine rings is 2. The number of amides is 2. The largest absolute Gasteiger partial charge is 0.412 e. The SMILES string of the molecule is CC(C)NC(=O)c1cn(Cc2ccccc2)cc(C(=O)N[C@@H](c2cccnc2)C(F)(F)F)c1=O. The lowest BCUT2D eigenvalue weighted by atomic mass is 10.1. The maximum Gasteiger partial charge on any atom is 0.412 e. The molecule has 0 aliphatic heterocycles. The van der Waals surface area contributed by atoms with Crippen molar-refractivity contribution in [1.82, 2.24) is 20.2 Å². The zero-order valence-corrected chi connectivity index (χ0v) is 18.5. The Bertz CT molecular complexity index is 1210. The fraction of sp³-hybridized carbons (Fsp3) is 0.250. The van der Waals surface area contributed by atoms with E-state index in [2.05, 4.69) is 10.3 Å². The van der Waals surface area contributed by atoms with Crippen molar-refractivity contribution in [2.45, 2.75) is 38.7 Å². The number of halogens is 3. The van der Waals surface area contributed by atoms with Crippen LogP contribution in [0.25, 0.3) is 0 Å². The molecule has 2 N–H and O–H groups in total. The van der Waals surface area contributed by atoms with Gasteiger partial charge in [-0.05, 0) is 25.5 Å². The quantitative estimate of drug-likeness (QED) is 0.551. The zero-order valence-electron chi connectivity index (χ0n) is 18.5. The smallest absolute Gasteiger partial charge is 0.350 e. The third-order valence-electron chi connectivity index (χ3n) is 4.82. The van der Waals surface area contributed by atoms with Gasteiger partial charge in [0.1, 0.15) is 11.1 Å². The van der Waals surface area contributed by atoms with E-state index in [0.717, 1.165) is 18.0 Å². The molecular weight excluding hydrogens is 449 g/mol. The van der Waals surface area contributed by atoms with Crippen LogP contribution in [-0.2, 0) is 6.54 Å². The average Bonchev–Trinajstić information content (AvgIpc) is 2.78. The number of nitrogens with one attached hydrogen (secondary N) is 2. The molecular formula is C24H23F3N4O3. The van der Waals surface area contributed by atoms with Crippen LogP contribution in [0.15, 0.2) is 72.0 Å². The Hall–Kier alpha value is -3.95. The third-order valence-corrected chi connectivity index (χ3v) is 4.82. The van der Waals surface area contributed by atoms with Crippen molar-refractivity contribution < 1.29 is 22.8 Å². The minimum Gasteiger partial charge on any atom is -0.350 e. The minimum absolute atomic E-state index is 0.189. The molecule has 7 nitrogen and oxygen atoms in total. The molecule has 0 bridgehead atoms. The molecule has 0 spiro atoms. The molecule has 0 aliphatic carbocycles. The lowest BCUT2D eigenvalue weighted by Gasteiger charge is -2.22. The Morgan fingerprint density at radius 2 is 1.59 bits per heavy atom. The molecule has 0 fully saturated rings. The number of carbonyl (C=O) groups is 2. The Balaban J connectivity index is 2.04. The number of carbonyl (C=O) groups excluding carboxylic acids is 2. The topological polar surface area (TPSA) is 93.1 Å². The molecule has 0 saturated heterocycles. The molecule has 34 heavy (non-hydrogen) atoms. The van der Waals surface area contributed by atoms with Crippen LogP contribution >= 0.6 is 0 Å². The molecule has 10 heteroatoms. The van der Waals surface area contributed by atoms with Gasteiger partial charge in [-0.15, -0.1) is 0 Å². The van der Waals surface area contributed by atoms with Crippen molar-refractivity contribution in [1.29, 1.82) is 0 Å². The minimum atomic E-state index is -4.84. The van der Waals surface area contributed by atoms with Crippen molar-refractivity contribution in [3.05, 3.63) is 99.7 Å². The Morgan fingerprint density at radius 3 is 2.12 bits per heavy atom. The molecule has 0 radical (unpaired) electrons. The van der Waals surface area contributed by atoms with Crippen LogP contribution in [0, 0.1) is 0 Å². The van der Waals surface area contributed by atoms with Crippen LogP contribution in [0.5, 0.6) is 0 Å². The fourth-order valence-corrected chi connectivity index (χ4v) is 3.29. The molecule has 2 aromatic heterocycles. The summed E-state index contributed by atoms with van der Waals surface area (Å²) in [6, 6.07) is 8.79. The number of benzene rings is 1. The van der Waals surface area contributed by atoms with Gasteiger partial charge < -0.3 is 15.2 Å². The molecule has 0 aliphatic rings. The monoisotopic (exact) mass is 472 g/mol. The summed E-state index contributed by atoms with van der Waals surface area (Å²) in [6.45, 7) is 3.58. The van der Waals surface area contributed by atoms with Crippen LogP contribution < -0.4 is 16.1 Å². The van der Waals surface area contributed by atoms with Crippen molar-refractivity contribution in [2.75, 3.05) is 0 Å². The number of nitrogens with zero attached hydrogens (tertiary/aromatic N) is 2. The van der Waals surface area contributed by atoms with Gasteiger partial charge in [0.15, 0.2) is 6.04 Å². The summed E-state index contributed by atoms with van der Waals surface area (Å²) in [7, 11) is 0. The van der Waals surface area contributed by atoms with Gasteiger partial charge in [0, 0.05) is 42.9 Å². The maximum atomic E-state index is 13.7. The van der Waals surface area contributed by atoms with Gasteiger partial charge >= 0.3 is 6.18 Å². The molecule has 3 rings (SSSR count). The molecule has 2 heterocycles. The van der Waals surface area contributed by atoms with E-state index >= 15 is 0 Å². The molecule has 3 aromatic rings. The number of aromatic nitrogens is 2. The highest BCUT2D eigenvalue weighted by Gasteiger charge is 2.42. The first kappa shape index (κ1) is 24.7. The van der Waals surface area contributed by atoms with E-state index in [1.807, 2.05) is 11.4 Å². The predicted molar refractivity (Wildman–Crippen MR) is 119 cm³/mol. The summed E-state index contributed by atoms with van der Waals surface area (Å²) in [5.74, 6) is -1.98. The summed E-state index contributed by atoms with van der Waals surface area (Å²) in [4.78, 5) is 42.2. The van der Waals surface area contributed by atoms with E-state index in [1.54, 1.807) is 38.1 Å². The normalized spacial score (nSPS) is 12.3. The van der Waals surface area contributed by atoms with Crippen molar-refractivity contribution >= 4 is 11.8 Å². The lowest BCUT2D eigenvalue weighted by molar-refractivity contribution is -0.155. The number of hydrogen-bond acceptors (Lipinski definition) is 4. The Kier molecular flexibility index (Phi) is 7.50. The standard InChI is InChI=1S/C24H23F3N4O3/c1-15(2)29-22(33)18-13-31(12-16-7-4-3-5-8-16)14-19(20(18)32)23(34)30-21(24(25,26)27)17-9-6-10-28-11-17/h3-11,13-15,21H,12H2,1-2H3,(H,29,33)(H,30,34)/t21-/m0/s1. The second-order valence-electron chi connectivity index (χ2n) is 7.94.